The number of ether oxygens (including phenoxy) is 1. The molecule has 0 aliphatic carbocycles. The number of hydrogen-bond donors (Lipinski definition) is 3. The maximum absolute atomic E-state index is 12.4. The van der Waals surface area contributed by atoms with Crippen molar-refractivity contribution in [2.75, 3.05) is 13.7 Å². The molecule has 1 amide bonds. The summed E-state index contributed by atoms with van der Waals surface area (Å²) in [6.45, 7) is 0.434. The fraction of sp³-hybridized carbons (Fsp3) is 0.278. The first-order valence-corrected chi connectivity index (χ1v) is 7.52. The van der Waals surface area contributed by atoms with E-state index in [1.807, 2.05) is 36.4 Å². The van der Waals surface area contributed by atoms with E-state index >= 15 is 0 Å². The lowest BCUT2D eigenvalue weighted by Gasteiger charge is -2.19. The van der Waals surface area contributed by atoms with Crippen LogP contribution < -0.4 is 15.8 Å². The molecule has 0 spiro atoms. The summed E-state index contributed by atoms with van der Waals surface area (Å²) >= 11 is 0. The van der Waals surface area contributed by atoms with Crippen molar-refractivity contribution in [1.29, 1.82) is 0 Å². The molecule has 0 aromatic heterocycles. The van der Waals surface area contributed by atoms with E-state index in [2.05, 4.69) is 5.32 Å². The quantitative estimate of drug-likeness (QED) is 0.716. The third-order valence-corrected chi connectivity index (χ3v) is 3.69. The minimum absolute atomic E-state index is 0. The third-order valence-electron chi connectivity index (χ3n) is 3.69. The molecule has 1 atom stereocenters. The fourth-order valence-corrected chi connectivity index (χ4v) is 2.32. The number of benzene rings is 2. The van der Waals surface area contributed by atoms with E-state index in [9.17, 15) is 9.90 Å². The van der Waals surface area contributed by atoms with Crippen LogP contribution in [0.5, 0.6) is 5.75 Å². The van der Waals surface area contributed by atoms with E-state index in [4.69, 9.17) is 10.5 Å². The highest BCUT2D eigenvalue weighted by Crippen LogP contribution is 2.20. The van der Waals surface area contributed by atoms with Gasteiger partial charge < -0.3 is 20.9 Å². The Kier molecular flexibility index (Phi) is 8.26. The lowest BCUT2D eigenvalue weighted by Crippen LogP contribution is -2.29. The first-order chi connectivity index (χ1) is 11.2. The summed E-state index contributed by atoms with van der Waals surface area (Å²) in [5.74, 6) is 0.572. The number of carbonyl (C=O) groups excluding carboxylic acids is 1. The topological polar surface area (TPSA) is 84.6 Å². The summed E-state index contributed by atoms with van der Waals surface area (Å²) < 4.78 is 5.13. The molecule has 0 bridgehead atoms. The molecule has 0 saturated carbocycles. The molecule has 24 heavy (non-hydrogen) atoms. The first-order valence-electron chi connectivity index (χ1n) is 7.52. The van der Waals surface area contributed by atoms with Crippen LogP contribution in [0.2, 0.25) is 0 Å². The molecule has 0 heterocycles. The fourth-order valence-electron chi connectivity index (χ4n) is 2.32. The van der Waals surface area contributed by atoms with Gasteiger partial charge in [-0.3, -0.25) is 4.79 Å². The predicted octanol–water partition coefficient (Wildman–Crippen LogP) is 2.43. The molecule has 0 aliphatic rings. The van der Waals surface area contributed by atoms with Gasteiger partial charge in [0.2, 0.25) is 0 Å². The number of carbonyl (C=O) groups is 1. The number of nitrogens with one attached hydrogen (secondary N) is 1. The highest BCUT2D eigenvalue weighted by atomic mass is 35.5. The minimum atomic E-state index is -0.257. The van der Waals surface area contributed by atoms with Crippen molar-refractivity contribution in [1.82, 2.24) is 5.32 Å². The smallest absolute Gasteiger partial charge is 0.251 e. The predicted molar refractivity (Wildman–Crippen MR) is 96.5 cm³/mol. The van der Waals surface area contributed by atoms with Gasteiger partial charge in [-0.25, -0.2) is 0 Å². The van der Waals surface area contributed by atoms with Crippen molar-refractivity contribution in [2.45, 2.75) is 19.0 Å². The average Bonchev–Trinajstić information content (AvgIpc) is 2.61. The van der Waals surface area contributed by atoms with E-state index in [1.54, 1.807) is 19.2 Å². The number of rotatable bonds is 7. The summed E-state index contributed by atoms with van der Waals surface area (Å²) in [6, 6.07) is 14.4. The van der Waals surface area contributed by atoms with Gasteiger partial charge in [-0.1, -0.05) is 24.3 Å². The Morgan fingerprint density at radius 3 is 2.29 bits per heavy atom. The van der Waals surface area contributed by atoms with Crippen LogP contribution in [0.15, 0.2) is 48.5 Å². The van der Waals surface area contributed by atoms with Crippen molar-refractivity contribution in [2.24, 2.45) is 5.73 Å². The van der Waals surface area contributed by atoms with Gasteiger partial charge in [0.05, 0.1) is 13.2 Å². The van der Waals surface area contributed by atoms with Gasteiger partial charge in [0.15, 0.2) is 0 Å². The molecule has 130 valence electrons. The number of nitrogens with two attached hydrogens (primary N) is 1. The first kappa shape index (κ1) is 20.0. The second kappa shape index (κ2) is 9.93. The zero-order valence-corrected chi connectivity index (χ0v) is 14.4. The van der Waals surface area contributed by atoms with Gasteiger partial charge >= 0.3 is 0 Å². The minimum Gasteiger partial charge on any atom is -0.497 e. The Labute approximate surface area is 148 Å². The van der Waals surface area contributed by atoms with Crippen molar-refractivity contribution < 1.29 is 14.6 Å². The lowest BCUT2D eigenvalue weighted by molar-refractivity contribution is 0.0930. The third kappa shape index (κ3) is 5.23. The molecule has 2 aromatic rings. The van der Waals surface area contributed by atoms with Gasteiger partial charge in [0.25, 0.3) is 5.91 Å². The monoisotopic (exact) mass is 350 g/mol. The van der Waals surface area contributed by atoms with Crippen LogP contribution in [0.25, 0.3) is 0 Å². The van der Waals surface area contributed by atoms with Crippen LogP contribution in [0, 0.1) is 0 Å². The van der Waals surface area contributed by atoms with E-state index in [0.717, 1.165) is 16.9 Å². The SMILES string of the molecule is COc1ccc(C(CCO)NC(=O)c2ccc(CN)cc2)cc1.Cl. The molecule has 0 aliphatic heterocycles. The molecule has 0 fully saturated rings. The highest BCUT2D eigenvalue weighted by molar-refractivity contribution is 5.94. The van der Waals surface area contributed by atoms with Crippen LogP contribution in [-0.4, -0.2) is 24.7 Å². The molecule has 5 nitrogen and oxygen atoms in total. The van der Waals surface area contributed by atoms with Gasteiger partial charge in [-0.15, -0.1) is 12.4 Å². The summed E-state index contributed by atoms with van der Waals surface area (Å²) in [6.07, 6.45) is 0.443. The summed E-state index contributed by atoms with van der Waals surface area (Å²) in [5.41, 5.74) is 8.02. The number of halogens is 1. The van der Waals surface area contributed by atoms with E-state index in [-0.39, 0.29) is 31.0 Å². The Balaban J connectivity index is 0.00000288. The summed E-state index contributed by atoms with van der Waals surface area (Å²) in [5, 5.41) is 12.2. The number of methoxy groups -OCH3 is 1. The molecule has 0 saturated heterocycles. The second-order valence-electron chi connectivity index (χ2n) is 5.21. The van der Waals surface area contributed by atoms with E-state index in [1.165, 1.54) is 0 Å². The highest BCUT2D eigenvalue weighted by Gasteiger charge is 2.15. The van der Waals surface area contributed by atoms with Gasteiger partial charge in [0.1, 0.15) is 5.75 Å². The average molecular weight is 351 g/mol. The molecule has 2 rings (SSSR count). The standard InChI is InChI=1S/C18H22N2O3.ClH/c1-23-16-8-6-14(7-9-16)17(10-11-21)20-18(22)15-4-2-13(12-19)3-5-15;/h2-9,17,21H,10-12,19H2,1H3,(H,20,22);1H. The number of aliphatic hydroxyl groups excluding tert-OH is 1. The Bertz CT molecular complexity index is 630. The number of amides is 1. The maximum Gasteiger partial charge on any atom is 0.251 e. The van der Waals surface area contributed by atoms with E-state index < -0.39 is 0 Å². The Morgan fingerprint density at radius 1 is 1.17 bits per heavy atom. The maximum atomic E-state index is 12.4. The molecule has 6 heteroatoms. The number of hydrogen-bond acceptors (Lipinski definition) is 4. The summed E-state index contributed by atoms with van der Waals surface area (Å²) in [4.78, 5) is 12.4. The zero-order valence-electron chi connectivity index (χ0n) is 13.6. The number of aliphatic hydroxyl groups is 1. The lowest BCUT2D eigenvalue weighted by atomic mass is 10.0. The Morgan fingerprint density at radius 2 is 1.79 bits per heavy atom. The second-order valence-corrected chi connectivity index (χ2v) is 5.21. The molecule has 4 N–H and O–H groups in total. The van der Waals surface area contributed by atoms with Crippen molar-refractivity contribution in [3.05, 3.63) is 65.2 Å². The van der Waals surface area contributed by atoms with Crippen LogP contribution in [0.3, 0.4) is 0 Å². The van der Waals surface area contributed by atoms with Crippen LogP contribution >= 0.6 is 12.4 Å². The van der Waals surface area contributed by atoms with Crippen molar-refractivity contribution in [3.63, 3.8) is 0 Å². The van der Waals surface area contributed by atoms with Crippen molar-refractivity contribution in [3.8, 4) is 5.75 Å². The van der Waals surface area contributed by atoms with Gasteiger partial charge in [-0.05, 0) is 41.8 Å². The molecular formula is C18H23ClN2O3. The molecule has 2 aromatic carbocycles. The van der Waals surface area contributed by atoms with Gasteiger partial charge in [-0.2, -0.15) is 0 Å². The van der Waals surface area contributed by atoms with Crippen molar-refractivity contribution >= 4 is 18.3 Å². The van der Waals surface area contributed by atoms with Crippen LogP contribution in [0.4, 0.5) is 0 Å². The Hall–Kier alpha value is -2.08. The van der Waals surface area contributed by atoms with Crippen LogP contribution in [0.1, 0.15) is 33.9 Å². The largest absolute Gasteiger partial charge is 0.497 e. The molecular weight excluding hydrogens is 328 g/mol. The molecule has 1 unspecified atom stereocenters. The van der Waals surface area contributed by atoms with E-state index in [0.29, 0.717) is 18.5 Å². The van der Waals surface area contributed by atoms with Crippen LogP contribution in [-0.2, 0) is 6.54 Å². The normalized spacial score (nSPS) is 11.3. The molecule has 0 radical (unpaired) electrons. The zero-order chi connectivity index (χ0) is 16.7. The van der Waals surface area contributed by atoms with Gasteiger partial charge in [0, 0.05) is 18.7 Å². The summed E-state index contributed by atoms with van der Waals surface area (Å²) in [7, 11) is 1.60.